The van der Waals surface area contributed by atoms with E-state index in [2.05, 4.69) is 10.3 Å². The fourth-order valence-corrected chi connectivity index (χ4v) is 7.71. The van der Waals surface area contributed by atoms with Gasteiger partial charge in [0.05, 0.1) is 16.6 Å². The lowest BCUT2D eigenvalue weighted by Gasteiger charge is -2.30. The number of carbonyl (C=O) groups is 3. The van der Waals surface area contributed by atoms with Gasteiger partial charge in [-0.1, -0.05) is 65.0 Å². The maximum atomic E-state index is 13.8. The molecule has 4 aromatic rings. The van der Waals surface area contributed by atoms with Gasteiger partial charge in [-0.2, -0.15) is 0 Å². The highest BCUT2D eigenvalue weighted by Gasteiger charge is 2.56. The number of anilines is 2. The van der Waals surface area contributed by atoms with Crippen LogP contribution in [0, 0.1) is 12.8 Å². The van der Waals surface area contributed by atoms with Crippen molar-refractivity contribution < 1.29 is 19.1 Å². The van der Waals surface area contributed by atoms with Crippen LogP contribution in [0.25, 0.3) is 0 Å². The number of nitrogens with one attached hydrogen (secondary N) is 2. The average molecular weight is 592 g/mol. The summed E-state index contributed by atoms with van der Waals surface area (Å²) < 4.78 is 5.81. The predicted octanol–water partition coefficient (Wildman–Crippen LogP) is 5.21. The molecule has 8 nitrogen and oxygen atoms in total. The molecule has 3 aromatic carbocycles. The Labute approximate surface area is 242 Å². The van der Waals surface area contributed by atoms with E-state index in [1.165, 1.54) is 16.7 Å². The van der Waals surface area contributed by atoms with E-state index in [0.717, 1.165) is 16.9 Å². The van der Waals surface area contributed by atoms with Crippen molar-refractivity contribution in [2.75, 3.05) is 16.8 Å². The van der Waals surface area contributed by atoms with Crippen molar-refractivity contribution in [3.05, 3.63) is 103 Å². The number of amides is 3. The molecule has 1 saturated heterocycles. The zero-order chi connectivity index (χ0) is 28.0. The van der Waals surface area contributed by atoms with Crippen LogP contribution >= 0.6 is 34.7 Å². The first kappa shape index (κ1) is 26.4. The lowest BCUT2D eigenvalue weighted by molar-refractivity contribution is -0.122. The lowest BCUT2D eigenvalue weighted by Crippen LogP contribution is -2.32. The van der Waals surface area contributed by atoms with Crippen molar-refractivity contribution in [1.29, 1.82) is 0 Å². The zero-order valence-electron chi connectivity index (χ0n) is 21.1. The van der Waals surface area contributed by atoms with Crippen molar-refractivity contribution in [1.82, 2.24) is 4.98 Å². The summed E-state index contributed by atoms with van der Waals surface area (Å²) in [5.41, 5.74) is 2.80. The number of halogens is 1. The molecule has 0 spiro atoms. The van der Waals surface area contributed by atoms with Gasteiger partial charge in [0.1, 0.15) is 11.0 Å². The Bertz CT molecular complexity index is 1700. The van der Waals surface area contributed by atoms with E-state index < -0.39 is 17.1 Å². The number of rotatable bonds is 6. The minimum absolute atomic E-state index is 0.213. The zero-order valence-corrected chi connectivity index (χ0v) is 23.4. The van der Waals surface area contributed by atoms with Gasteiger partial charge < -0.3 is 15.0 Å². The summed E-state index contributed by atoms with van der Waals surface area (Å²) in [6, 6.07) is 21.1. The number of aromatic amines is 1. The number of para-hydroxylation sites is 1. The second-order valence-electron chi connectivity index (χ2n) is 9.46. The number of hydrogen-bond acceptors (Lipinski definition) is 7. The number of benzene rings is 3. The summed E-state index contributed by atoms with van der Waals surface area (Å²) >= 11 is 8.27. The van der Waals surface area contributed by atoms with E-state index in [9.17, 15) is 19.2 Å². The largest absolute Gasteiger partial charge is 0.484 e. The third-order valence-corrected chi connectivity index (χ3v) is 9.57. The quantitative estimate of drug-likeness (QED) is 0.298. The van der Waals surface area contributed by atoms with Gasteiger partial charge in [-0.15, -0.1) is 0 Å². The van der Waals surface area contributed by atoms with Crippen molar-refractivity contribution in [3.63, 3.8) is 0 Å². The van der Waals surface area contributed by atoms with Crippen LogP contribution in [0.4, 0.5) is 11.4 Å². The molecule has 0 radical (unpaired) electrons. The van der Waals surface area contributed by atoms with Gasteiger partial charge in [0.15, 0.2) is 6.61 Å². The monoisotopic (exact) mass is 591 g/mol. The Morgan fingerprint density at radius 2 is 1.80 bits per heavy atom. The second kappa shape index (κ2) is 10.6. The van der Waals surface area contributed by atoms with Gasteiger partial charge in [0.2, 0.25) is 11.8 Å². The molecular formula is C29H22ClN3O5S2. The van der Waals surface area contributed by atoms with Crippen molar-refractivity contribution in [2.24, 2.45) is 5.92 Å². The molecule has 1 fully saturated rings. The van der Waals surface area contributed by atoms with Gasteiger partial charge in [-0.3, -0.25) is 19.2 Å². The Morgan fingerprint density at radius 1 is 1.02 bits per heavy atom. The van der Waals surface area contributed by atoms with E-state index in [4.69, 9.17) is 16.3 Å². The molecule has 202 valence electrons. The number of thiazole rings is 1. The number of nitrogens with zero attached hydrogens (tertiary/aromatic N) is 1. The fraction of sp³-hybridized carbons (Fsp3) is 0.172. The highest BCUT2D eigenvalue weighted by Crippen LogP contribution is 2.53. The van der Waals surface area contributed by atoms with Gasteiger partial charge in [0.25, 0.3) is 5.91 Å². The minimum Gasteiger partial charge on any atom is -0.484 e. The molecule has 2 N–H and O–H groups in total. The summed E-state index contributed by atoms with van der Waals surface area (Å²) in [6.07, 6.45) is 0. The van der Waals surface area contributed by atoms with E-state index in [1.807, 2.05) is 37.3 Å². The number of thioether (sulfide) groups is 1. The van der Waals surface area contributed by atoms with Crippen LogP contribution < -0.4 is 19.8 Å². The first-order valence-electron chi connectivity index (χ1n) is 12.4. The number of imide groups is 1. The van der Waals surface area contributed by atoms with E-state index >= 15 is 0 Å². The van der Waals surface area contributed by atoms with Crippen LogP contribution in [-0.4, -0.2) is 34.6 Å². The first-order valence-corrected chi connectivity index (χ1v) is 14.5. The number of fused-ring (bicyclic) bond motifs is 2. The number of ether oxygens (including phenoxy) is 1. The molecule has 3 amide bonds. The third-order valence-electron chi connectivity index (χ3n) is 6.92. The third kappa shape index (κ3) is 4.83. The van der Waals surface area contributed by atoms with Crippen LogP contribution in [0.1, 0.15) is 21.9 Å². The predicted molar refractivity (Wildman–Crippen MR) is 156 cm³/mol. The van der Waals surface area contributed by atoms with E-state index in [0.29, 0.717) is 37.6 Å². The van der Waals surface area contributed by atoms with Crippen LogP contribution in [0.15, 0.2) is 82.6 Å². The average Bonchev–Trinajstić information content (AvgIpc) is 3.43. The van der Waals surface area contributed by atoms with Gasteiger partial charge in [0, 0.05) is 21.5 Å². The minimum atomic E-state index is -0.730. The molecular weight excluding hydrogens is 570 g/mol. The highest BCUT2D eigenvalue weighted by molar-refractivity contribution is 8.00. The number of aryl methyl sites for hydroxylation is 1. The maximum Gasteiger partial charge on any atom is 0.305 e. The van der Waals surface area contributed by atoms with Crippen molar-refractivity contribution in [2.45, 2.75) is 23.1 Å². The van der Waals surface area contributed by atoms with Crippen LogP contribution in [-0.2, 0) is 14.4 Å². The Hall–Kier alpha value is -3.86. The molecule has 3 atom stereocenters. The molecule has 6 rings (SSSR count). The second-order valence-corrected chi connectivity index (χ2v) is 12.1. The Balaban J connectivity index is 1.29. The summed E-state index contributed by atoms with van der Waals surface area (Å²) in [5, 5.41) is 3.21. The number of carbonyl (C=O) groups excluding carboxylic acids is 3. The van der Waals surface area contributed by atoms with E-state index in [1.54, 1.807) is 42.5 Å². The first-order chi connectivity index (χ1) is 19.3. The van der Waals surface area contributed by atoms with Crippen LogP contribution in [0.5, 0.6) is 5.75 Å². The standard InChI is InChI=1S/C29H22ClN3O5S2/c1-15-5-2-3-8-20(15)31-21(34)14-38-19-7-4-6-16(13-19)22-23-25(39-26-24(22)40-29(37)32-26)28(36)33(27(23)35)18-11-9-17(30)10-12-18/h2-13,22-23,25H,14H2,1H3,(H,31,34)(H,32,37)/t22-,23-,25+/m0/s1. The summed E-state index contributed by atoms with van der Waals surface area (Å²) in [5.74, 6) is -1.84. The van der Waals surface area contributed by atoms with Gasteiger partial charge in [-0.05, 0) is 60.5 Å². The fourth-order valence-electron chi connectivity index (χ4n) is 5.07. The number of H-pyrrole nitrogens is 1. The Kier molecular flexibility index (Phi) is 6.99. The molecule has 2 aliphatic rings. The lowest BCUT2D eigenvalue weighted by atomic mass is 9.83. The maximum absolute atomic E-state index is 13.8. The van der Waals surface area contributed by atoms with Gasteiger partial charge >= 0.3 is 4.87 Å². The SMILES string of the molecule is Cc1ccccc1NC(=O)COc1cccc([C@@H]2c3sc(=O)[nH]c3S[C@H]3C(=O)N(c4ccc(Cl)cc4)C(=O)[C@@H]23)c1. The van der Waals surface area contributed by atoms with Crippen LogP contribution in [0.2, 0.25) is 5.02 Å². The van der Waals surface area contributed by atoms with E-state index in [-0.39, 0.29) is 29.2 Å². The molecule has 2 aliphatic heterocycles. The smallest absolute Gasteiger partial charge is 0.305 e. The molecule has 1 aromatic heterocycles. The molecule has 3 heterocycles. The van der Waals surface area contributed by atoms with Crippen LogP contribution in [0.3, 0.4) is 0 Å². The topological polar surface area (TPSA) is 109 Å². The molecule has 0 unspecified atom stereocenters. The Morgan fingerprint density at radius 3 is 2.58 bits per heavy atom. The van der Waals surface area contributed by atoms with Crippen molar-refractivity contribution in [3.8, 4) is 5.75 Å². The molecule has 40 heavy (non-hydrogen) atoms. The van der Waals surface area contributed by atoms with Crippen molar-refractivity contribution >= 4 is 63.8 Å². The molecule has 0 saturated carbocycles. The van der Waals surface area contributed by atoms with Gasteiger partial charge in [-0.25, -0.2) is 4.90 Å². The highest BCUT2D eigenvalue weighted by atomic mass is 35.5. The molecule has 11 heteroatoms. The summed E-state index contributed by atoms with van der Waals surface area (Å²) in [4.78, 5) is 56.7. The summed E-state index contributed by atoms with van der Waals surface area (Å²) in [6.45, 7) is 1.69. The molecule has 0 aliphatic carbocycles. The number of hydrogen-bond donors (Lipinski definition) is 2. The normalized spacial score (nSPS) is 19.8. The number of aromatic nitrogens is 1. The molecule has 0 bridgehead atoms. The summed E-state index contributed by atoms with van der Waals surface area (Å²) in [7, 11) is 0.